The lowest BCUT2D eigenvalue weighted by atomic mass is 10.1. The van der Waals surface area contributed by atoms with Crippen LogP contribution in [0.1, 0.15) is 22.3 Å². The van der Waals surface area contributed by atoms with Crippen molar-refractivity contribution in [3.8, 4) is 5.75 Å². The zero-order valence-electron chi connectivity index (χ0n) is 14.5. The van der Waals surface area contributed by atoms with Gasteiger partial charge in [-0.1, -0.05) is 11.6 Å². The van der Waals surface area contributed by atoms with Crippen LogP contribution in [-0.2, 0) is 16.2 Å². The Bertz CT molecular complexity index is 957. The summed E-state index contributed by atoms with van der Waals surface area (Å²) in [4.78, 5) is -0.000640. The molecule has 0 aliphatic rings. The van der Waals surface area contributed by atoms with Gasteiger partial charge in [-0.15, -0.1) is 0 Å². The van der Waals surface area contributed by atoms with Crippen LogP contribution in [0.4, 0.5) is 18.9 Å². The molecule has 0 saturated heterocycles. The summed E-state index contributed by atoms with van der Waals surface area (Å²) >= 11 is 5.56. The fourth-order valence-electron chi connectivity index (χ4n) is 2.66. The highest BCUT2D eigenvalue weighted by molar-refractivity contribution is 7.92. The van der Waals surface area contributed by atoms with Crippen LogP contribution < -0.4 is 9.46 Å². The number of aryl methyl sites for hydroxylation is 1. The van der Waals surface area contributed by atoms with E-state index in [0.29, 0.717) is 28.5 Å². The maximum atomic E-state index is 13.0. The summed E-state index contributed by atoms with van der Waals surface area (Å²) in [5.74, 6) is 0.532. The maximum Gasteiger partial charge on any atom is 0.417 e. The molecule has 9 heteroatoms. The van der Waals surface area contributed by atoms with Gasteiger partial charge in [0.15, 0.2) is 0 Å². The number of ether oxygens (including phenoxy) is 1. The molecule has 0 aliphatic heterocycles. The topological polar surface area (TPSA) is 55.4 Å². The van der Waals surface area contributed by atoms with Crippen LogP contribution in [0.25, 0.3) is 0 Å². The number of halogens is 4. The number of hydrogen-bond acceptors (Lipinski definition) is 3. The Morgan fingerprint density at radius 1 is 1.08 bits per heavy atom. The molecule has 0 bridgehead atoms. The Hall–Kier alpha value is -1.93. The summed E-state index contributed by atoms with van der Waals surface area (Å²) in [6.45, 7) is 4.91. The Morgan fingerprint density at radius 3 is 2.23 bits per heavy atom. The molecule has 2 aromatic carbocycles. The Kier molecular flexibility index (Phi) is 5.49. The molecule has 0 aliphatic carbocycles. The fraction of sp³-hybridized carbons (Fsp3) is 0.294. The zero-order valence-corrected chi connectivity index (χ0v) is 16.0. The summed E-state index contributed by atoms with van der Waals surface area (Å²) in [7, 11) is -2.64. The summed E-state index contributed by atoms with van der Waals surface area (Å²) < 4.78 is 71.9. The van der Waals surface area contributed by atoms with E-state index in [1.165, 1.54) is 13.2 Å². The van der Waals surface area contributed by atoms with Crippen LogP contribution >= 0.6 is 11.6 Å². The average Bonchev–Trinajstić information content (AvgIpc) is 2.51. The lowest BCUT2D eigenvalue weighted by Gasteiger charge is -2.18. The molecule has 0 radical (unpaired) electrons. The van der Waals surface area contributed by atoms with Crippen molar-refractivity contribution >= 4 is 27.3 Å². The van der Waals surface area contributed by atoms with Gasteiger partial charge in [-0.2, -0.15) is 13.2 Å². The smallest absolute Gasteiger partial charge is 0.417 e. The third-order valence-corrected chi connectivity index (χ3v) is 5.99. The minimum atomic E-state index is -4.69. The zero-order chi connectivity index (χ0) is 19.9. The van der Waals surface area contributed by atoms with Crippen molar-refractivity contribution in [2.24, 2.45) is 0 Å². The normalized spacial score (nSPS) is 12.2. The first kappa shape index (κ1) is 20.4. The highest BCUT2D eigenvalue weighted by atomic mass is 35.5. The minimum Gasteiger partial charge on any atom is -0.496 e. The van der Waals surface area contributed by atoms with Crippen molar-refractivity contribution in [1.29, 1.82) is 0 Å². The van der Waals surface area contributed by atoms with E-state index >= 15 is 0 Å². The highest BCUT2D eigenvalue weighted by Crippen LogP contribution is 2.37. The molecule has 0 aromatic heterocycles. The van der Waals surface area contributed by atoms with Crippen LogP contribution in [0.2, 0.25) is 5.02 Å². The molecule has 2 rings (SSSR count). The highest BCUT2D eigenvalue weighted by Gasteiger charge is 2.34. The number of rotatable bonds is 4. The standard InChI is InChI=1S/C17H17ClF3NO3S/c1-9-7-15(25-4)10(2)11(3)16(9)26(23,24)22-12-5-6-14(18)13(8-12)17(19,20)21/h5-8,22H,1-4H3. The number of benzene rings is 2. The van der Waals surface area contributed by atoms with Crippen molar-refractivity contribution in [3.05, 3.63) is 51.5 Å². The summed E-state index contributed by atoms with van der Waals surface area (Å²) in [6, 6.07) is 4.41. The Labute approximate surface area is 155 Å². The van der Waals surface area contributed by atoms with E-state index in [0.717, 1.165) is 6.07 Å². The third kappa shape index (κ3) is 3.91. The van der Waals surface area contributed by atoms with Gasteiger partial charge in [0.2, 0.25) is 0 Å². The van der Waals surface area contributed by atoms with Crippen molar-refractivity contribution in [2.75, 3.05) is 11.8 Å². The molecule has 0 saturated carbocycles. The van der Waals surface area contributed by atoms with Gasteiger partial charge in [-0.05, 0) is 61.7 Å². The third-order valence-electron chi connectivity index (χ3n) is 3.99. The maximum absolute atomic E-state index is 13.0. The molecule has 0 spiro atoms. The molecule has 0 fully saturated rings. The minimum absolute atomic E-state index is 0.000640. The second kappa shape index (κ2) is 7.00. The van der Waals surface area contributed by atoms with Crippen molar-refractivity contribution in [3.63, 3.8) is 0 Å². The molecule has 142 valence electrons. The number of nitrogens with one attached hydrogen (secondary N) is 1. The predicted molar refractivity (Wildman–Crippen MR) is 94.5 cm³/mol. The van der Waals surface area contributed by atoms with Crippen LogP contribution in [0.15, 0.2) is 29.2 Å². The largest absolute Gasteiger partial charge is 0.496 e. The molecule has 26 heavy (non-hydrogen) atoms. The lowest BCUT2D eigenvalue weighted by Crippen LogP contribution is -2.17. The van der Waals surface area contributed by atoms with Crippen LogP contribution in [0.5, 0.6) is 5.75 Å². The predicted octanol–water partition coefficient (Wildman–Crippen LogP) is 5.09. The van der Waals surface area contributed by atoms with Gasteiger partial charge in [-0.3, -0.25) is 4.72 Å². The molecule has 2 aromatic rings. The number of hydrogen-bond donors (Lipinski definition) is 1. The SMILES string of the molecule is COc1cc(C)c(S(=O)(=O)Nc2ccc(Cl)c(C(F)(F)F)c2)c(C)c1C. The molecular weight excluding hydrogens is 391 g/mol. The van der Waals surface area contributed by atoms with E-state index < -0.39 is 26.8 Å². The summed E-state index contributed by atoms with van der Waals surface area (Å²) in [5, 5.41) is -0.506. The summed E-state index contributed by atoms with van der Waals surface area (Å²) in [6.07, 6.45) is -4.69. The van der Waals surface area contributed by atoms with E-state index in [9.17, 15) is 21.6 Å². The first-order chi connectivity index (χ1) is 11.9. The number of anilines is 1. The van der Waals surface area contributed by atoms with Crippen molar-refractivity contribution in [1.82, 2.24) is 0 Å². The lowest BCUT2D eigenvalue weighted by molar-refractivity contribution is -0.137. The van der Waals surface area contributed by atoms with Gasteiger partial charge in [0.25, 0.3) is 10.0 Å². The van der Waals surface area contributed by atoms with E-state index in [2.05, 4.69) is 4.72 Å². The number of alkyl halides is 3. The van der Waals surface area contributed by atoms with Crippen molar-refractivity contribution in [2.45, 2.75) is 31.8 Å². The molecule has 1 N–H and O–H groups in total. The molecule has 0 heterocycles. The quantitative estimate of drug-likeness (QED) is 0.767. The van der Waals surface area contributed by atoms with Gasteiger partial charge in [-0.25, -0.2) is 8.42 Å². The van der Waals surface area contributed by atoms with Gasteiger partial charge >= 0.3 is 6.18 Å². The van der Waals surface area contributed by atoms with E-state index in [1.54, 1.807) is 26.8 Å². The number of sulfonamides is 1. The van der Waals surface area contributed by atoms with E-state index in [4.69, 9.17) is 16.3 Å². The van der Waals surface area contributed by atoms with Crippen LogP contribution in [0.3, 0.4) is 0 Å². The average molecular weight is 408 g/mol. The Morgan fingerprint density at radius 2 is 1.69 bits per heavy atom. The Balaban J connectivity index is 2.53. The second-order valence-corrected chi connectivity index (χ2v) is 7.80. The second-order valence-electron chi connectivity index (χ2n) is 5.77. The van der Waals surface area contributed by atoms with Gasteiger partial charge in [0.05, 0.1) is 22.6 Å². The molecule has 0 unspecified atom stereocenters. The van der Waals surface area contributed by atoms with E-state index in [-0.39, 0.29) is 10.6 Å². The molecular formula is C17H17ClF3NO3S. The fourth-order valence-corrected chi connectivity index (χ4v) is 4.46. The van der Waals surface area contributed by atoms with Crippen LogP contribution in [0, 0.1) is 20.8 Å². The molecule has 4 nitrogen and oxygen atoms in total. The van der Waals surface area contributed by atoms with E-state index in [1.807, 2.05) is 0 Å². The van der Waals surface area contributed by atoms with Gasteiger partial charge < -0.3 is 4.74 Å². The molecule has 0 atom stereocenters. The van der Waals surface area contributed by atoms with Crippen LogP contribution in [-0.4, -0.2) is 15.5 Å². The first-order valence-electron chi connectivity index (χ1n) is 7.43. The van der Waals surface area contributed by atoms with Crippen molar-refractivity contribution < 1.29 is 26.3 Å². The van der Waals surface area contributed by atoms with Gasteiger partial charge in [0, 0.05) is 5.69 Å². The molecule has 0 amide bonds. The summed E-state index contributed by atoms with van der Waals surface area (Å²) in [5.41, 5.74) is 0.167. The van der Waals surface area contributed by atoms with Gasteiger partial charge in [0.1, 0.15) is 5.75 Å². The monoisotopic (exact) mass is 407 g/mol. The number of methoxy groups -OCH3 is 1. The first-order valence-corrected chi connectivity index (χ1v) is 9.29.